The molecule has 1 atom stereocenters. The Labute approximate surface area is 117 Å². The molecule has 2 aromatic heterocycles. The third-order valence-electron chi connectivity index (χ3n) is 3.01. The van der Waals surface area contributed by atoms with Crippen molar-refractivity contribution in [2.75, 3.05) is 13.2 Å². The predicted molar refractivity (Wildman–Crippen MR) is 74.6 cm³/mol. The highest BCUT2D eigenvalue weighted by Crippen LogP contribution is 2.06. The van der Waals surface area contributed by atoms with E-state index in [2.05, 4.69) is 15.3 Å². The lowest BCUT2D eigenvalue weighted by Crippen LogP contribution is -2.28. The van der Waals surface area contributed by atoms with Crippen molar-refractivity contribution in [1.82, 2.24) is 19.9 Å². The first kappa shape index (κ1) is 14.2. The van der Waals surface area contributed by atoms with E-state index >= 15 is 0 Å². The van der Waals surface area contributed by atoms with Crippen LogP contribution in [-0.2, 0) is 0 Å². The van der Waals surface area contributed by atoms with E-state index in [-0.39, 0.29) is 18.4 Å². The number of hydrogen-bond acceptors (Lipinski definition) is 4. The molecular weight excluding hydrogens is 256 g/mol. The molecule has 0 aliphatic rings. The molecule has 0 fully saturated rings. The summed E-state index contributed by atoms with van der Waals surface area (Å²) in [6, 6.07) is 3.50. The molecule has 1 amide bonds. The van der Waals surface area contributed by atoms with Crippen molar-refractivity contribution < 1.29 is 9.90 Å². The van der Waals surface area contributed by atoms with E-state index in [0.717, 1.165) is 0 Å². The number of imidazole rings is 1. The van der Waals surface area contributed by atoms with Gasteiger partial charge in [-0.05, 0) is 24.5 Å². The number of pyridine rings is 1. The maximum atomic E-state index is 11.9. The van der Waals surface area contributed by atoms with Gasteiger partial charge in [-0.15, -0.1) is 0 Å². The lowest BCUT2D eigenvalue weighted by atomic mass is 10.1. The molecular formula is C14H18N4O2. The highest BCUT2D eigenvalue weighted by atomic mass is 16.3. The van der Waals surface area contributed by atoms with Crippen LogP contribution in [0.4, 0.5) is 0 Å². The summed E-state index contributed by atoms with van der Waals surface area (Å²) in [5, 5.41) is 11.6. The number of rotatable bonds is 6. The van der Waals surface area contributed by atoms with Crippen LogP contribution < -0.4 is 5.32 Å². The molecule has 1 unspecified atom stereocenters. The molecule has 0 bridgehead atoms. The Morgan fingerprint density at radius 1 is 1.50 bits per heavy atom. The first-order valence-electron chi connectivity index (χ1n) is 6.54. The second kappa shape index (κ2) is 6.81. The lowest BCUT2D eigenvalue weighted by molar-refractivity contribution is 0.0945. The summed E-state index contributed by atoms with van der Waals surface area (Å²) in [5.41, 5.74) is 0.519. The Morgan fingerprint density at radius 2 is 2.35 bits per heavy atom. The molecule has 0 spiro atoms. The molecule has 2 heterocycles. The number of nitrogens with zero attached hydrogens (tertiary/aromatic N) is 3. The van der Waals surface area contributed by atoms with Gasteiger partial charge < -0.3 is 10.4 Å². The van der Waals surface area contributed by atoms with Gasteiger partial charge in [0.2, 0.25) is 0 Å². The van der Waals surface area contributed by atoms with Crippen LogP contribution in [0.15, 0.2) is 37.1 Å². The zero-order valence-electron chi connectivity index (χ0n) is 11.4. The third kappa shape index (κ3) is 3.64. The fourth-order valence-corrected chi connectivity index (χ4v) is 1.76. The molecule has 0 aliphatic carbocycles. The van der Waals surface area contributed by atoms with E-state index in [1.165, 1.54) is 0 Å². The van der Waals surface area contributed by atoms with Crippen molar-refractivity contribution >= 4 is 5.91 Å². The van der Waals surface area contributed by atoms with Crippen molar-refractivity contribution in [3.8, 4) is 5.82 Å². The van der Waals surface area contributed by atoms with Crippen molar-refractivity contribution in [2.45, 2.75) is 13.3 Å². The summed E-state index contributed by atoms with van der Waals surface area (Å²) in [6.45, 7) is 2.66. The van der Waals surface area contributed by atoms with Gasteiger partial charge in [0.1, 0.15) is 12.1 Å². The molecule has 6 nitrogen and oxygen atoms in total. The minimum atomic E-state index is -0.153. The number of amides is 1. The number of carbonyl (C=O) groups is 1. The van der Waals surface area contributed by atoms with E-state index in [4.69, 9.17) is 5.11 Å². The van der Waals surface area contributed by atoms with Gasteiger partial charge in [0.15, 0.2) is 0 Å². The van der Waals surface area contributed by atoms with Gasteiger partial charge >= 0.3 is 0 Å². The molecule has 106 valence electrons. The highest BCUT2D eigenvalue weighted by molar-refractivity contribution is 5.93. The Kier molecular flexibility index (Phi) is 4.84. The van der Waals surface area contributed by atoms with Gasteiger partial charge in [0.25, 0.3) is 5.91 Å². The number of carbonyl (C=O) groups excluding carboxylic acids is 1. The summed E-state index contributed by atoms with van der Waals surface area (Å²) in [4.78, 5) is 20.1. The van der Waals surface area contributed by atoms with Crippen LogP contribution in [0.25, 0.3) is 5.82 Å². The summed E-state index contributed by atoms with van der Waals surface area (Å²) in [7, 11) is 0. The van der Waals surface area contributed by atoms with E-state index < -0.39 is 0 Å². The smallest absolute Gasteiger partial charge is 0.252 e. The summed E-state index contributed by atoms with van der Waals surface area (Å²) in [6.07, 6.45) is 7.33. The van der Waals surface area contributed by atoms with E-state index in [1.54, 1.807) is 41.6 Å². The zero-order valence-corrected chi connectivity index (χ0v) is 11.4. The molecule has 2 N–H and O–H groups in total. The van der Waals surface area contributed by atoms with Crippen LogP contribution in [0.2, 0.25) is 0 Å². The second-order valence-electron chi connectivity index (χ2n) is 4.70. The maximum Gasteiger partial charge on any atom is 0.252 e. The van der Waals surface area contributed by atoms with Crippen LogP contribution in [0.3, 0.4) is 0 Å². The average Bonchev–Trinajstić information content (AvgIpc) is 2.99. The lowest BCUT2D eigenvalue weighted by Gasteiger charge is -2.11. The predicted octanol–water partition coefficient (Wildman–Crippen LogP) is 1.02. The van der Waals surface area contributed by atoms with Crippen LogP contribution in [0.1, 0.15) is 23.7 Å². The number of aliphatic hydroxyl groups is 1. The number of hydrogen-bond donors (Lipinski definition) is 2. The van der Waals surface area contributed by atoms with Gasteiger partial charge in [-0.1, -0.05) is 6.92 Å². The molecule has 0 saturated heterocycles. The van der Waals surface area contributed by atoms with Crippen LogP contribution in [-0.4, -0.2) is 38.7 Å². The van der Waals surface area contributed by atoms with Gasteiger partial charge in [-0.2, -0.15) is 0 Å². The molecule has 2 rings (SSSR count). The molecule has 2 aromatic rings. The van der Waals surface area contributed by atoms with E-state index in [1.807, 2.05) is 6.92 Å². The van der Waals surface area contributed by atoms with Crippen molar-refractivity contribution in [1.29, 1.82) is 0 Å². The zero-order chi connectivity index (χ0) is 14.4. The minimum Gasteiger partial charge on any atom is -0.396 e. The van der Waals surface area contributed by atoms with Crippen molar-refractivity contribution in [2.24, 2.45) is 5.92 Å². The Balaban J connectivity index is 1.94. The third-order valence-corrected chi connectivity index (χ3v) is 3.01. The number of nitrogens with one attached hydrogen (secondary N) is 1. The quantitative estimate of drug-likeness (QED) is 0.824. The first-order chi connectivity index (χ1) is 9.70. The van der Waals surface area contributed by atoms with Gasteiger partial charge in [-0.3, -0.25) is 9.36 Å². The van der Waals surface area contributed by atoms with Crippen molar-refractivity contribution in [3.63, 3.8) is 0 Å². The van der Waals surface area contributed by atoms with Gasteiger partial charge in [-0.25, -0.2) is 9.97 Å². The molecule has 20 heavy (non-hydrogen) atoms. The van der Waals surface area contributed by atoms with Crippen LogP contribution in [0, 0.1) is 5.92 Å². The van der Waals surface area contributed by atoms with E-state index in [0.29, 0.717) is 24.3 Å². The second-order valence-corrected chi connectivity index (χ2v) is 4.70. The van der Waals surface area contributed by atoms with E-state index in [9.17, 15) is 4.79 Å². The van der Waals surface area contributed by atoms with Crippen LogP contribution >= 0.6 is 0 Å². The monoisotopic (exact) mass is 274 g/mol. The standard InChI is InChI=1S/C14H18N4O2/c1-11(4-7-19)8-17-14(20)12-2-3-13(16-9-12)18-6-5-15-10-18/h2-3,5-6,9-11,19H,4,7-8H2,1H3,(H,17,20). The summed E-state index contributed by atoms with van der Waals surface area (Å²) < 4.78 is 1.77. The Bertz CT molecular complexity index is 537. The van der Waals surface area contributed by atoms with Gasteiger partial charge in [0, 0.05) is 31.7 Å². The van der Waals surface area contributed by atoms with Gasteiger partial charge in [0.05, 0.1) is 5.56 Å². The Morgan fingerprint density at radius 3 is 2.95 bits per heavy atom. The topological polar surface area (TPSA) is 80.0 Å². The number of aliphatic hydroxyl groups excluding tert-OH is 1. The summed E-state index contributed by atoms with van der Waals surface area (Å²) >= 11 is 0. The minimum absolute atomic E-state index is 0.137. The maximum absolute atomic E-state index is 11.9. The Hall–Kier alpha value is -2.21. The largest absolute Gasteiger partial charge is 0.396 e. The first-order valence-corrected chi connectivity index (χ1v) is 6.54. The fourth-order valence-electron chi connectivity index (χ4n) is 1.76. The normalized spacial score (nSPS) is 12.1. The number of aromatic nitrogens is 3. The van der Waals surface area contributed by atoms with Crippen LogP contribution in [0.5, 0.6) is 0 Å². The molecule has 0 radical (unpaired) electrons. The molecule has 0 aliphatic heterocycles. The highest BCUT2D eigenvalue weighted by Gasteiger charge is 2.08. The average molecular weight is 274 g/mol. The molecule has 0 saturated carbocycles. The molecule has 6 heteroatoms. The summed E-state index contributed by atoms with van der Waals surface area (Å²) in [5.74, 6) is 0.814. The van der Waals surface area contributed by atoms with Crippen molar-refractivity contribution in [3.05, 3.63) is 42.6 Å². The SMILES string of the molecule is CC(CCO)CNC(=O)c1ccc(-n2ccnc2)nc1. The fraction of sp³-hybridized carbons (Fsp3) is 0.357. The molecule has 0 aromatic carbocycles.